The van der Waals surface area contributed by atoms with E-state index in [9.17, 15) is 4.79 Å². The minimum absolute atomic E-state index is 0.123. The molecule has 0 amide bonds. The molecule has 1 aliphatic heterocycles. The van der Waals surface area contributed by atoms with Gasteiger partial charge in [-0.3, -0.25) is 9.36 Å². The molecule has 0 saturated heterocycles. The quantitative estimate of drug-likeness (QED) is 0.433. The Morgan fingerprint density at radius 2 is 2.08 bits per heavy atom. The van der Waals surface area contributed by atoms with E-state index in [0.717, 1.165) is 45.1 Å². The lowest BCUT2D eigenvalue weighted by molar-refractivity contribution is 0.318. The SMILES string of the molecule is CCn1c(SCc2ccc(Br)cc2)nc2sc3c(c2c1=O)CCN(C)C3. The van der Waals surface area contributed by atoms with Gasteiger partial charge < -0.3 is 4.90 Å². The molecule has 0 unspecified atom stereocenters. The smallest absolute Gasteiger partial charge is 0.263 e. The molecule has 4 nitrogen and oxygen atoms in total. The highest BCUT2D eigenvalue weighted by molar-refractivity contribution is 9.10. The van der Waals surface area contributed by atoms with Crippen molar-refractivity contribution in [3.05, 3.63) is 55.1 Å². The van der Waals surface area contributed by atoms with Gasteiger partial charge in [-0.2, -0.15) is 0 Å². The number of halogens is 1. The normalized spacial score (nSPS) is 14.7. The standard InChI is InChI=1S/C19H20BrN3OS2/c1-3-23-18(24)16-14-8-9-22(2)10-15(14)26-17(16)21-19(23)25-11-12-4-6-13(20)7-5-12/h4-7H,3,8-11H2,1-2H3. The highest BCUT2D eigenvalue weighted by Crippen LogP contribution is 2.33. The van der Waals surface area contributed by atoms with Crippen LogP contribution in [0.5, 0.6) is 0 Å². The summed E-state index contributed by atoms with van der Waals surface area (Å²) in [5, 5.41) is 1.67. The molecule has 0 saturated carbocycles. The third-order valence-corrected chi connectivity index (χ3v) is 7.40. The maximum Gasteiger partial charge on any atom is 0.263 e. The molecule has 1 aromatic carbocycles. The average molecular weight is 450 g/mol. The molecular formula is C19H20BrN3OS2. The second-order valence-corrected chi connectivity index (χ2v) is 9.47. The van der Waals surface area contributed by atoms with Crippen molar-refractivity contribution in [1.82, 2.24) is 14.5 Å². The van der Waals surface area contributed by atoms with Crippen LogP contribution in [0.3, 0.4) is 0 Å². The maximum absolute atomic E-state index is 13.1. The van der Waals surface area contributed by atoms with E-state index in [2.05, 4.69) is 40.0 Å². The first-order chi connectivity index (χ1) is 12.6. The minimum Gasteiger partial charge on any atom is -0.301 e. The average Bonchev–Trinajstić information content (AvgIpc) is 2.98. The second-order valence-electron chi connectivity index (χ2n) is 6.53. The third-order valence-electron chi connectivity index (χ3n) is 4.71. The summed E-state index contributed by atoms with van der Waals surface area (Å²) in [6.45, 7) is 4.59. The van der Waals surface area contributed by atoms with E-state index in [1.807, 2.05) is 23.6 Å². The summed E-state index contributed by atoms with van der Waals surface area (Å²) in [5.74, 6) is 0.805. The van der Waals surface area contributed by atoms with Gasteiger partial charge >= 0.3 is 0 Å². The number of likely N-dealkylation sites (N-methyl/N-ethyl adjacent to an activating group) is 1. The number of benzene rings is 1. The van der Waals surface area contributed by atoms with Gasteiger partial charge in [0, 0.05) is 34.7 Å². The van der Waals surface area contributed by atoms with Crippen LogP contribution in [0.15, 0.2) is 38.7 Å². The summed E-state index contributed by atoms with van der Waals surface area (Å²) < 4.78 is 2.90. The molecule has 4 rings (SSSR count). The summed E-state index contributed by atoms with van der Waals surface area (Å²) in [4.78, 5) is 22.5. The number of thiophene rings is 1. The molecule has 0 spiro atoms. The fourth-order valence-electron chi connectivity index (χ4n) is 3.30. The Kier molecular flexibility index (Phi) is 5.23. The Morgan fingerprint density at radius 3 is 2.81 bits per heavy atom. The number of thioether (sulfide) groups is 1. The molecule has 136 valence electrons. The van der Waals surface area contributed by atoms with Crippen LogP contribution in [-0.4, -0.2) is 28.0 Å². The van der Waals surface area contributed by atoms with E-state index in [0.29, 0.717) is 6.54 Å². The largest absolute Gasteiger partial charge is 0.301 e. The van der Waals surface area contributed by atoms with Crippen molar-refractivity contribution < 1.29 is 0 Å². The number of hydrogen-bond acceptors (Lipinski definition) is 5. The molecule has 0 N–H and O–H groups in total. The van der Waals surface area contributed by atoms with Crippen LogP contribution in [0.1, 0.15) is 22.9 Å². The van der Waals surface area contributed by atoms with Crippen molar-refractivity contribution >= 4 is 49.2 Å². The molecule has 0 radical (unpaired) electrons. The predicted octanol–water partition coefficient (Wildman–Crippen LogP) is 4.52. The fourth-order valence-corrected chi connectivity index (χ4v) is 5.93. The molecule has 2 aromatic heterocycles. The van der Waals surface area contributed by atoms with Gasteiger partial charge in [0.1, 0.15) is 4.83 Å². The molecule has 0 fully saturated rings. The third kappa shape index (κ3) is 3.38. The highest BCUT2D eigenvalue weighted by Gasteiger charge is 2.23. The van der Waals surface area contributed by atoms with Crippen molar-refractivity contribution in [3.63, 3.8) is 0 Å². The predicted molar refractivity (Wildman–Crippen MR) is 113 cm³/mol. The lowest BCUT2D eigenvalue weighted by atomic mass is 10.1. The van der Waals surface area contributed by atoms with Crippen molar-refractivity contribution in [2.75, 3.05) is 13.6 Å². The van der Waals surface area contributed by atoms with E-state index >= 15 is 0 Å². The zero-order chi connectivity index (χ0) is 18.3. The zero-order valence-electron chi connectivity index (χ0n) is 14.8. The van der Waals surface area contributed by atoms with Crippen LogP contribution in [0.2, 0.25) is 0 Å². The van der Waals surface area contributed by atoms with Crippen LogP contribution in [0, 0.1) is 0 Å². The maximum atomic E-state index is 13.1. The molecule has 0 aliphatic carbocycles. The zero-order valence-corrected chi connectivity index (χ0v) is 18.0. The first-order valence-electron chi connectivity index (χ1n) is 8.67. The topological polar surface area (TPSA) is 38.1 Å². The summed E-state index contributed by atoms with van der Waals surface area (Å²) >= 11 is 6.79. The van der Waals surface area contributed by atoms with Crippen LogP contribution in [-0.2, 0) is 25.3 Å². The fraction of sp³-hybridized carbons (Fsp3) is 0.368. The number of aromatic nitrogens is 2. The van der Waals surface area contributed by atoms with Crippen LogP contribution >= 0.6 is 39.0 Å². The van der Waals surface area contributed by atoms with Gasteiger partial charge in [0.05, 0.1) is 5.39 Å². The van der Waals surface area contributed by atoms with Crippen LogP contribution in [0.25, 0.3) is 10.2 Å². The first-order valence-corrected chi connectivity index (χ1v) is 11.3. The summed E-state index contributed by atoms with van der Waals surface area (Å²) in [6, 6.07) is 8.29. The number of rotatable bonds is 4. The molecule has 1 aliphatic rings. The second kappa shape index (κ2) is 7.46. The highest BCUT2D eigenvalue weighted by atomic mass is 79.9. The van der Waals surface area contributed by atoms with E-state index in [-0.39, 0.29) is 5.56 Å². The van der Waals surface area contributed by atoms with Crippen molar-refractivity contribution in [2.45, 2.75) is 37.3 Å². The van der Waals surface area contributed by atoms with Gasteiger partial charge in [0.15, 0.2) is 5.16 Å². The monoisotopic (exact) mass is 449 g/mol. The van der Waals surface area contributed by atoms with Crippen LogP contribution < -0.4 is 5.56 Å². The Balaban J connectivity index is 1.72. The van der Waals surface area contributed by atoms with Gasteiger partial charge in [-0.1, -0.05) is 39.8 Å². The van der Waals surface area contributed by atoms with Crippen molar-refractivity contribution in [3.8, 4) is 0 Å². The van der Waals surface area contributed by atoms with Gasteiger partial charge in [0.25, 0.3) is 5.56 Å². The molecule has 3 heterocycles. The Labute approximate surface area is 169 Å². The molecule has 3 aromatic rings. The Hall–Kier alpha value is -1.15. The van der Waals surface area contributed by atoms with E-state index in [4.69, 9.17) is 4.98 Å². The molecule has 0 atom stereocenters. The number of hydrogen-bond donors (Lipinski definition) is 0. The van der Waals surface area contributed by atoms with Gasteiger partial charge in [0.2, 0.25) is 0 Å². The van der Waals surface area contributed by atoms with Crippen LogP contribution in [0.4, 0.5) is 0 Å². The van der Waals surface area contributed by atoms with Gasteiger partial charge in [-0.05, 0) is 43.7 Å². The van der Waals surface area contributed by atoms with E-state index < -0.39 is 0 Å². The molecule has 7 heteroatoms. The summed E-state index contributed by atoms with van der Waals surface area (Å²) in [6.07, 6.45) is 0.942. The van der Waals surface area contributed by atoms with E-state index in [1.165, 1.54) is 16.0 Å². The lowest BCUT2D eigenvalue weighted by Gasteiger charge is -2.21. The van der Waals surface area contributed by atoms with Gasteiger partial charge in [-0.15, -0.1) is 11.3 Å². The van der Waals surface area contributed by atoms with E-state index in [1.54, 1.807) is 23.1 Å². The van der Waals surface area contributed by atoms with Crippen molar-refractivity contribution in [2.24, 2.45) is 0 Å². The molecular weight excluding hydrogens is 430 g/mol. The number of nitrogens with zero attached hydrogens (tertiary/aromatic N) is 3. The molecule has 26 heavy (non-hydrogen) atoms. The lowest BCUT2D eigenvalue weighted by Crippen LogP contribution is -2.27. The Bertz CT molecular complexity index is 1010. The minimum atomic E-state index is 0.123. The first kappa shape index (κ1) is 18.2. The Morgan fingerprint density at radius 1 is 1.31 bits per heavy atom. The summed E-state index contributed by atoms with van der Waals surface area (Å²) in [5.41, 5.74) is 2.58. The number of fused-ring (bicyclic) bond motifs is 3. The summed E-state index contributed by atoms with van der Waals surface area (Å²) in [7, 11) is 2.13. The molecule has 0 bridgehead atoms. The van der Waals surface area contributed by atoms with Gasteiger partial charge in [-0.25, -0.2) is 4.98 Å². The van der Waals surface area contributed by atoms with Crippen molar-refractivity contribution in [1.29, 1.82) is 0 Å².